The molecule has 0 aliphatic rings. The van der Waals surface area contributed by atoms with Crippen LogP contribution in [0.5, 0.6) is 0 Å². The topological polar surface area (TPSA) is 61.8 Å². The van der Waals surface area contributed by atoms with E-state index in [9.17, 15) is 9.59 Å². The van der Waals surface area contributed by atoms with Crippen LogP contribution in [0.2, 0.25) is 18.1 Å². The number of carbonyl (C=O) groups is 2. The van der Waals surface area contributed by atoms with Gasteiger partial charge in [-0.05, 0) is 57.3 Å². The minimum atomic E-state index is -1.75. The van der Waals surface area contributed by atoms with Crippen LogP contribution in [-0.2, 0) is 23.5 Å². The van der Waals surface area contributed by atoms with E-state index in [1.165, 1.54) is 19.6 Å². The summed E-state index contributed by atoms with van der Waals surface area (Å²) in [6.45, 7) is 17.5. The van der Waals surface area contributed by atoms with Crippen molar-refractivity contribution in [1.29, 1.82) is 0 Å². The first-order valence-electron chi connectivity index (χ1n) is 12.0. The lowest BCUT2D eigenvalue weighted by atomic mass is 10.1. The van der Waals surface area contributed by atoms with Crippen molar-refractivity contribution < 1.29 is 23.5 Å². The van der Waals surface area contributed by atoms with E-state index in [2.05, 4.69) is 46.9 Å². The molecule has 1 rings (SSSR count). The largest absolute Gasteiger partial charge is 0.452 e. The molecular weight excluding hydrogens is 444 g/mol. The van der Waals surface area contributed by atoms with E-state index < -0.39 is 26.5 Å². The Labute approximate surface area is 207 Å². The lowest BCUT2D eigenvalue weighted by Crippen LogP contribution is -2.41. The van der Waals surface area contributed by atoms with Crippen molar-refractivity contribution in [3.63, 3.8) is 0 Å². The molecule has 2 atom stereocenters. The molecule has 0 amide bonds. The summed E-state index contributed by atoms with van der Waals surface area (Å²) in [4.78, 5) is 24.7. The molecule has 190 valence electrons. The maximum atomic E-state index is 12.6. The van der Waals surface area contributed by atoms with Crippen molar-refractivity contribution in [2.24, 2.45) is 0 Å². The van der Waals surface area contributed by atoms with E-state index in [0.29, 0.717) is 18.6 Å². The number of carbonyl (C=O) groups excluding carboxylic acids is 2. The molecule has 0 spiro atoms. The van der Waals surface area contributed by atoms with Gasteiger partial charge in [-0.3, -0.25) is 4.79 Å². The zero-order chi connectivity index (χ0) is 25.9. The standard InChI is InChI=1S/C28H44O5Si/c1-21(14-13-15-22(2)20-32-34(8,9)28(4,5)6)18-19-25(23(3)29)33-27(30)26(31-7)24-16-11-10-12-17-24/h10-12,15-18,25-26H,13-14,19-20H2,1-9H3/t25-,26?/m0/s1. The van der Waals surface area contributed by atoms with E-state index >= 15 is 0 Å². The average Bonchev–Trinajstić information content (AvgIpc) is 2.75. The lowest BCUT2D eigenvalue weighted by molar-refractivity contribution is -0.164. The molecule has 0 aliphatic heterocycles. The lowest BCUT2D eigenvalue weighted by Gasteiger charge is -2.36. The number of hydrogen-bond acceptors (Lipinski definition) is 5. The summed E-state index contributed by atoms with van der Waals surface area (Å²) in [6, 6.07) is 9.13. The number of rotatable bonds is 13. The van der Waals surface area contributed by atoms with Gasteiger partial charge in [-0.25, -0.2) is 4.79 Å². The Balaban J connectivity index is 2.61. The van der Waals surface area contributed by atoms with E-state index in [4.69, 9.17) is 13.9 Å². The summed E-state index contributed by atoms with van der Waals surface area (Å²) < 4.78 is 17.1. The second kappa shape index (κ2) is 13.8. The van der Waals surface area contributed by atoms with Crippen molar-refractivity contribution in [3.8, 4) is 0 Å². The molecule has 0 aromatic heterocycles. The predicted octanol–water partition coefficient (Wildman–Crippen LogP) is 6.96. The molecule has 0 N–H and O–H groups in total. The van der Waals surface area contributed by atoms with Gasteiger partial charge in [0.1, 0.15) is 0 Å². The van der Waals surface area contributed by atoms with Crippen LogP contribution in [0, 0.1) is 0 Å². The zero-order valence-corrected chi connectivity index (χ0v) is 23.6. The molecule has 0 heterocycles. The Morgan fingerprint density at radius 2 is 1.62 bits per heavy atom. The fourth-order valence-corrected chi connectivity index (χ4v) is 4.04. The molecule has 0 bridgehead atoms. The molecule has 34 heavy (non-hydrogen) atoms. The Bertz CT molecular complexity index is 849. The molecule has 0 aliphatic carbocycles. The zero-order valence-electron chi connectivity index (χ0n) is 22.6. The van der Waals surface area contributed by atoms with Gasteiger partial charge in [-0.15, -0.1) is 0 Å². The Hall–Kier alpha value is -2.02. The van der Waals surface area contributed by atoms with Crippen LogP contribution in [-0.4, -0.2) is 39.9 Å². The number of benzene rings is 1. The molecule has 0 radical (unpaired) electrons. The Morgan fingerprint density at radius 1 is 1.00 bits per heavy atom. The first kappa shape index (κ1) is 30.0. The Kier molecular flexibility index (Phi) is 12.1. The molecule has 1 aromatic carbocycles. The number of hydrogen-bond donors (Lipinski definition) is 0. The van der Waals surface area contributed by atoms with Crippen LogP contribution in [0.3, 0.4) is 0 Å². The summed E-state index contributed by atoms with van der Waals surface area (Å²) in [5.74, 6) is -0.737. The summed E-state index contributed by atoms with van der Waals surface area (Å²) in [7, 11) is -0.289. The first-order chi connectivity index (χ1) is 15.8. The van der Waals surface area contributed by atoms with Gasteiger partial charge in [0.05, 0.1) is 6.61 Å². The third kappa shape index (κ3) is 10.1. The number of allylic oxidation sites excluding steroid dienone is 2. The van der Waals surface area contributed by atoms with Crippen LogP contribution in [0.15, 0.2) is 53.6 Å². The minimum Gasteiger partial charge on any atom is -0.452 e. The monoisotopic (exact) mass is 488 g/mol. The third-order valence-corrected chi connectivity index (χ3v) is 10.9. The summed E-state index contributed by atoms with van der Waals surface area (Å²) in [5, 5.41) is 0.202. The van der Waals surface area contributed by atoms with Crippen molar-refractivity contribution in [3.05, 3.63) is 59.2 Å². The molecular formula is C28H44O5Si. The van der Waals surface area contributed by atoms with Crippen molar-refractivity contribution in [2.45, 2.75) is 91.1 Å². The van der Waals surface area contributed by atoms with Crippen LogP contribution in [0.4, 0.5) is 0 Å². The molecule has 1 unspecified atom stereocenters. The SMILES string of the molecule is COC(C(=O)O[C@@H](CC=C(C)CCC=C(C)CO[Si](C)(C)C(C)(C)C)C(C)=O)c1ccccc1. The summed E-state index contributed by atoms with van der Waals surface area (Å²) in [6.07, 6.45) is 4.67. The molecule has 0 fully saturated rings. The number of Topliss-reactive ketones (excluding diaryl/α,β-unsaturated/α-hetero) is 1. The predicted molar refractivity (Wildman–Crippen MR) is 141 cm³/mol. The van der Waals surface area contributed by atoms with Crippen LogP contribution < -0.4 is 0 Å². The summed E-state index contributed by atoms with van der Waals surface area (Å²) >= 11 is 0. The van der Waals surface area contributed by atoms with Gasteiger partial charge in [-0.2, -0.15) is 0 Å². The maximum Gasteiger partial charge on any atom is 0.340 e. The first-order valence-corrected chi connectivity index (χ1v) is 14.9. The second-order valence-electron chi connectivity index (χ2n) is 10.5. The average molecular weight is 489 g/mol. The fraction of sp³-hybridized carbons (Fsp3) is 0.571. The molecule has 6 heteroatoms. The maximum absolute atomic E-state index is 12.6. The van der Waals surface area contributed by atoms with E-state index in [-0.39, 0.29) is 10.8 Å². The van der Waals surface area contributed by atoms with Gasteiger partial charge < -0.3 is 13.9 Å². The highest BCUT2D eigenvalue weighted by Crippen LogP contribution is 2.36. The van der Waals surface area contributed by atoms with Crippen LogP contribution in [0.25, 0.3) is 0 Å². The van der Waals surface area contributed by atoms with Crippen LogP contribution in [0.1, 0.15) is 72.5 Å². The molecule has 0 saturated heterocycles. The molecule has 1 aromatic rings. The normalized spacial score (nSPS) is 15.1. The van der Waals surface area contributed by atoms with Gasteiger partial charge in [0.15, 0.2) is 26.3 Å². The van der Waals surface area contributed by atoms with Gasteiger partial charge in [0.2, 0.25) is 0 Å². The highest BCUT2D eigenvalue weighted by molar-refractivity contribution is 6.74. The summed E-state index contributed by atoms with van der Waals surface area (Å²) in [5.41, 5.74) is 3.09. The number of methoxy groups -OCH3 is 1. The third-order valence-electron chi connectivity index (χ3n) is 6.44. The van der Waals surface area contributed by atoms with Gasteiger partial charge in [0, 0.05) is 13.5 Å². The van der Waals surface area contributed by atoms with E-state index in [1.54, 1.807) is 12.1 Å². The number of esters is 1. The number of ketones is 1. The van der Waals surface area contributed by atoms with Crippen molar-refractivity contribution in [1.82, 2.24) is 0 Å². The highest BCUT2D eigenvalue weighted by atomic mass is 28.4. The second-order valence-corrected chi connectivity index (χ2v) is 15.3. The van der Waals surface area contributed by atoms with Gasteiger partial charge >= 0.3 is 5.97 Å². The number of ether oxygens (including phenoxy) is 2. The quantitative estimate of drug-likeness (QED) is 0.171. The van der Waals surface area contributed by atoms with Crippen molar-refractivity contribution >= 4 is 20.1 Å². The van der Waals surface area contributed by atoms with E-state index in [1.807, 2.05) is 31.2 Å². The highest BCUT2D eigenvalue weighted by Gasteiger charge is 2.37. The van der Waals surface area contributed by atoms with Crippen molar-refractivity contribution in [2.75, 3.05) is 13.7 Å². The smallest absolute Gasteiger partial charge is 0.340 e. The fourth-order valence-electron chi connectivity index (χ4n) is 3.02. The minimum absolute atomic E-state index is 0.182. The van der Waals surface area contributed by atoms with E-state index in [0.717, 1.165) is 18.4 Å². The molecule has 0 saturated carbocycles. The van der Waals surface area contributed by atoms with Gasteiger partial charge in [0.25, 0.3) is 0 Å². The molecule has 5 nitrogen and oxygen atoms in total. The van der Waals surface area contributed by atoms with Crippen LogP contribution >= 0.6 is 0 Å². The Morgan fingerprint density at radius 3 is 2.15 bits per heavy atom. The van der Waals surface area contributed by atoms with Gasteiger partial charge in [-0.1, -0.05) is 74.4 Å².